The molecule has 0 radical (unpaired) electrons. The molecule has 0 saturated heterocycles. The number of aromatic carboxylic acids is 1. The summed E-state index contributed by atoms with van der Waals surface area (Å²) in [4.78, 5) is 10.6. The van der Waals surface area contributed by atoms with Crippen molar-refractivity contribution < 1.29 is 23.1 Å². The summed E-state index contributed by atoms with van der Waals surface area (Å²) in [5.41, 5.74) is -1.44. The molecular formula is C13H6ClF3O2. The van der Waals surface area contributed by atoms with E-state index in [-0.39, 0.29) is 16.1 Å². The lowest BCUT2D eigenvalue weighted by Crippen LogP contribution is -2.03. The predicted octanol–water partition coefficient (Wildman–Crippen LogP) is 4.12. The van der Waals surface area contributed by atoms with Gasteiger partial charge in [0.1, 0.15) is 17.5 Å². The summed E-state index contributed by atoms with van der Waals surface area (Å²) in [6.45, 7) is 0. The fourth-order valence-corrected chi connectivity index (χ4v) is 1.79. The molecule has 0 amide bonds. The maximum Gasteiger partial charge on any atom is 0.338 e. The second kappa shape index (κ2) is 4.93. The van der Waals surface area contributed by atoms with Gasteiger partial charge >= 0.3 is 5.97 Å². The Labute approximate surface area is 111 Å². The highest BCUT2D eigenvalue weighted by Crippen LogP contribution is 2.30. The zero-order valence-corrected chi connectivity index (χ0v) is 10.0. The van der Waals surface area contributed by atoms with E-state index in [4.69, 9.17) is 16.7 Å². The normalized spacial score (nSPS) is 10.5. The van der Waals surface area contributed by atoms with Crippen molar-refractivity contribution >= 4 is 17.6 Å². The highest BCUT2D eigenvalue weighted by molar-refractivity contribution is 6.30. The highest BCUT2D eigenvalue weighted by atomic mass is 35.5. The third-order valence-corrected chi connectivity index (χ3v) is 2.74. The molecule has 0 aliphatic rings. The number of halogens is 4. The van der Waals surface area contributed by atoms with Crippen molar-refractivity contribution in [2.45, 2.75) is 0 Å². The zero-order chi connectivity index (χ0) is 14.2. The summed E-state index contributed by atoms with van der Waals surface area (Å²) in [5.74, 6) is -4.58. The van der Waals surface area contributed by atoms with Crippen LogP contribution < -0.4 is 0 Å². The number of hydrogen-bond acceptors (Lipinski definition) is 1. The Morgan fingerprint density at radius 3 is 2.21 bits per heavy atom. The Balaban J connectivity index is 2.67. The molecule has 98 valence electrons. The maximum atomic E-state index is 13.7. The van der Waals surface area contributed by atoms with Gasteiger partial charge in [0.2, 0.25) is 0 Å². The minimum Gasteiger partial charge on any atom is -0.478 e. The molecule has 2 aromatic carbocycles. The molecule has 1 N–H and O–H groups in total. The van der Waals surface area contributed by atoms with E-state index in [1.807, 2.05) is 0 Å². The topological polar surface area (TPSA) is 37.3 Å². The lowest BCUT2D eigenvalue weighted by molar-refractivity contribution is 0.0691. The number of hydrogen-bond donors (Lipinski definition) is 1. The fraction of sp³-hybridized carbons (Fsp3) is 0. The molecule has 0 aromatic heterocycles. The van der Waals surface area contributed by atoms with E-state index >= 15 is 0 Å². The average Bonchev–Trinajstić information content (AvgIpc) is 2.34. The summed E-state index contributed by atoms with van der Waals surface area (Å²) in [5, 5.41) is 8.80. The summed E-state index contributed by atoms with van der Waals surface area (Å²) in [6.07, 6.45) is 0. The Hall–Kier alpha value is -2.01. The third-order valence-electron chi connectivity index (χ3n) is 2.51. The van der Waals surface area contributed by atoms with Crippen LogP contribution in [0.25, 0.3) is 11.1 Å². The summed E-state index contributed by atoms with van der Waals surface area (Å²) >= 11 is 5.66. The van der Waals surface area contributed by atoms with Crippen LogP contribution in [0.4, 0.5) is 13.2 Å². The second-order valence-corrected chi connectivity index (χ2v) is 4.18. The van der Waals surface area contributed by atoms with Gasteiger partial charge < -0.3 is 5.11 Å². The Morgan fingerprint density at radius 1 is 0.947 bits per heavy atom. The smallest absolute Gasteiger partial charge is 0.338 e. The number of carboxylic acids is 1. The highest BCUT2D eigenvalue weighted by Gasteiger charge is 2.18. The molecule has 0 saturated carbocycles. The minimum atomic E-state index is -1.60. The van der Waals surface area contributed by atoms with Crippen LogP contribution in [0.15, 0.2) is 30.3 Å². The van der Waals surface area contributed by atoms with E-state index in [1.165, 1.54) is 6.07 Å². The van der Waals surface area contributed by atoms with Gasteiger partial charge in [0.15, 0.2) is 0 Å². The molecule has 0 spiro atoms. The van der Waals surface area contributed by atoms with Gasteiger partial charge in [-0.25, -0.2) is 18.0 Å². The molecular weight excluding hydrogens is 281 g/mol. The van der Waals surface area contributed by atoms with Crippen molar-refractivity contribution in [3.05, 3.63) is 58.4 Å². The predicted molar refractivity (Wildman–Crippen MR) is 63.7 cm³/mol. The minimum absolute atomic E-state index is 0.151. The van der Waals surface area contributed by atoms with Crippen LogP contribution in [0.5, 0.6) is 0 Å². The molecule has 0 atom stereocenters. The zero-order valence-electron chi connectivity index (χ0n) is 9.25. The standard InChI is InChI=1S/C13H6ClF3O2/c14-6-1-2-10(15)7(3-6)8-4-12(17)9(13(18)19)5-11(8)16/h1-5H,(H,18,19). The van der Waals surface area contributed by atoms with Gasteiger partial charge in [-0.15, -0.1) is 0 Å². The van der Waals surface area contributed by atoms with E-state index in [2.05, 4.69) is 0 Å². The molecule has 2 nitrogen and oxygen atoms in total. The van der Waals surface area contributed by atoms with Crippen molar-refractivity contribution in [3.8, 4) is 11.1 Å². The van der Waals surface area contributed by atoms with E-state index in [0.717, 1.165) is 12.1 Å². The van der Waals surface area contributed by atoms with Gasteiger partial charge in [-0.1, -0.05) is 11.6 Å². The number of carbonyl (C=O) groups is 1. The lowest BCUT2D eigenvalue weighted by Gasteiger charge is -2.07. The van der Waals surface area contributed by atoms with E-state index in [1.54, 1.807) is 0 Å². The van der Waals surface area contributed by atoms with E-state index < -0.39 is 29.0 Å². The molecule has 0 bridgehead atoms. The van der Waals surface area contributed by atoms with Gasteiger partial charge in [0.25, 0.3) is 0 Å². The van der Waals surface area contributed by atoms with Crippen molar-refractivity contribution in [3.63, 3.8) is 0 Å². The first-order valence-electron chi connectivity index (χ1n) is 5.08. The molecule has 2 aromatic rings. The van der Waals surface area contributed by atoms with Crippen LogP contribution >= 0.6 is 11.6 Å². The van der Waals surface area contributed by atoms with E-state index in [0.29, 0.717) is 12.1 Å². The summed E-state index contributed by atoms with van der Waals surface area (Å²) < 4.78 is 40.8. The summed E-state index contributed by atoms with van der Waals surface area (Å²) in [6, 6.07) is 4.55. The fourth-order valence-electron chi connectivity index (χ4n) is 1.62. The second-order valence-electron chi connectivity index (χ2n) is 3.74. The number of benzene rings is 2. The average molecular weight is 287 g/mol. The first kappa shape index (κ1) is 13.4. The first-order chi connectivity index (χ1) is 8.90. The quantitative estimate of drug-likeness (QED) is 0.901. The molecule has 6 heteroatoms. The monoisotopic (exact) mass is 286 g/mol. The SMILES string of the molecule is O=C(O)c1cc(F)c(-c2cc(Cl)ccc2F)cc1F. The Bertz CT molecular complexity index is 671. The molecule has 0 heterocycles. The molecule has 0 aliphatic heterocycles. The van der Waals surface area contributed by atoms with E-state index in [9.17, 15) is 18.0 Å². The van der Waals surface area contributed by atoms with Gasteiger partial charge in [0.05, 0.1) is 5.56 Å². The van der Waals surface area contributed by atoms with Gasteiger partial charge in [-0.05, 0) is 30.3 Å². The van der Waals surface area contributed by atoms with Crippen LogP contribution in [-0.2, 0) is 0 Å². The van der Waals surface area contributed by atoms with Gasteiger partial charge in [-0.3, -0.25) is 0 Å². The van der Waals surface area contributed by atoms with Crippen LogP contribution in [0.1, 0.15) is 10.4 Å². The number of carboxylic acid groups (broad SMARTS) is 1. The van der Waals surface area contributed by atoms with Crippen molar-refractivity contribution in [2.24, 2.45) is 0 Å². The summed E-state index contributed by atoms with van der Waals surface area (Å²) in [7, 11) is 0. The first-order valence-corrected chi connectivity index (χ1v) is 5.45. The van der Waals surface area contributed by atoms with Crippen molar-refractivity contribution in [1.82, 2.24) is 0 Å². The van der Waals surface area contributed by atoms with Gasteiger partial charge in [-0.2, -0.15) is 0 Å². The third kappa shape index (κ3) is 2.56. The van der Waals surface area contributed by atoms with Crippen LogP contribution in [0.3, 0.4) is 0 Å². The molecule has 19 heavy (non-hydrogen) atoms. The number of rotatable bonds is 2. The molecule has 0 unspecified atom stereocenters. The van der Waals surface area contributed by atoms with Crippen molar-refractivity contribution in [2.75, 3.05) is 0 Å². The lowest BCUT2D eigenvalue weighted by atomic mass is 10.0. The molecule has 0 aliphatic carbocycles. The van der Waals surface area contributed by atoms with Crippen LogP contribution in [-0.4, -0.2) is 11.1 Å². The molecule has 2 rings (SSSR count). The van der Waals surface area contributed by atoms with Gasteiger partial charge in [0, 0.05) is 16.1 Å². The van der Waals surface area contributed by atoms with Crippen LogP contribution in [0, 0.1) is 17.5 Å². The van der Waals surface area contributed by atoms with Crippen molar-refractivity contribution in [1.29, 1.82) is 0 Å². The largest absolute Gasteiger partial charge is 0.478 e. The Kier molecular flexibility index (Phi) is 3.48. The van der Waals surface area contributed by atoms with Crippen LogP contribution in [0.2, 0.25) is 5.02 Å². The molecule has 0 fully saturated rings. The maximum absolute atomic E-state index is 13.7. The Morgan fingerprint density at radius 2 is 1.58 bits per heavy atom.